The lowest BCUT2D eigenvalue weighted by Gasteiger charge is -2.12. The van der Waals surface area contributed by atoms with Gasteiger partial charge in [-0.05, 0) is 18.6 Å². The lowest BCUT2D eigenvalue weighted by atomic mass is 10.3. The molecule has 1 aromatic carbocycles. The van der Waals surface area contributed by atoms with Gasteiger partial charge in [-0.15, -0.1) is 0 Å². The van der Waals surface area contributed by atoms with Crippen LogP contribution in [-0.4, -0.2) is 34.6 Å². The predicted octanol–water partition coefficient (Wildman–Crippen LogP) is 3.14. The van der Waals surface area contributed by atoms with Crippen molar-refractivity contribution in [3.05, 3.63) is 42.1 Å². The largest absolute Gasteiger partial charge is 0.366 e. The minimum Gasteiger partial charge on any atom is -0.366 e. The molecule has 0 saturated carbocycles. The molecule has 1 aromatic heterocycles. The summed E-state index contributed by atoms with van der Waals surface area (Å²) in [6.45, 7) is 3.10. The number of hydrogen-bond acceptors (Lipinski definition) is 3. The Kier molecular flexibility index (Phi) is 5.10. The predicted molar refractivity (Wildman–Crippen MR) is 84.0 cm³/mol. The zero-order valence-corrected chi connectivity index (χ0v) is 12.4. The van der Waals surface area contributed by atoms with Gasteiger partial charge in [-0.1, -0.05) is 31.5 Å². The molecular formula is C16H19N5. The monoisotopic (exact) mass is 281 g/mol. The van der Waals surface area contributed by atoms with Crippen LogP contribution < -0.4 is 0 Å². The first-order valence-corrected chi connectivity index (χ1v) is 7.04. The molecular weight excluding hydrogens is 262 g/mol. The highest BCUT2D eigenvalue weighted by atomic mass is 15.3. The van der Waals surface area contributed by atoms with E-state index in [1.54, 1.807) is 17.2 Å². The Hall–Kier alpha value is -2.61. The second kappa shape index (κ2) is 7.25. The Morgan fingerprint density at radius 1 is 1.38 bits per heavy atom. The molecule has 5 nitrogen and oxygen atoms in total. The molecule has 0 unspecified atom stereocenters. The molecule has 0 aliphatic rings. The summed E-state index contributed by atoms with van der Waals surface area (Å²) in [7, 11) is 1.98. The van der Waals surface area contributed by atoms with E-state index in [0.717, 1.165) is 25.1 Å². The average Bonchev–Trinajstić information content (AvgIpc) is 2.94. The SMILES string of the molecule is CCCCN(C)C=Nc1c(C#N)cnn1-c1ccccc1. The second-order valence-electron chi connectivity index (χ2n) is 4.82. The zero-order chi connectivity index (χ0) is 15.1. The standard InChI is InChI=1S/C16H19N5/c1-3-4-10-20(2)13-18-16-14(11-17)12-19-21(16)15-8-6-5-7-9-15/h5-9,12-13H,3-4,10H2,1-2H3. The molecule has 0 saturated heterocycles. The second-order valence-corrected chi connectivity index (χ2v) is 4.82. The molecule has 0 atom stereocenters. The smallest absolute Gasteiger partial charge is 0.175 e. The average molecular weight is 281 g/mol. The van der Waals surface area contributed by atoms with Gasteiger partial charge in [-0.2, -0.15) is 10.4 Å². The van der Waals surface area contributed by atoms with Crippen molar-refractivity contribution < 1.29 is 0 Å². The first-order valence-electron chi connectivity index (χ1n) is 7.04. The number of aliphatic imine (C=N–C) groups is 1. The number of hydrogen-bond donors (Lipinski definition) is 0. The lowest BCUT2D eigenvalue weighted by molar-refractivity contribution is 0.497. The molecule has 0 N–H and O–H groups in total. The van der Waals surface area contributed by atoms with Crippen LogP contribution in [0.15, 0.2) is 41.5 Å². The van der Waals surface area contributed by atoms with Gasteiger partial charge in [0.1, 0.15) is 11.6 Å². The molecule has 0 aliphatic heterocycles. The van der Waals surface area contributed by atoms with E-state index >= 15 is 0 Å². The van der Waals surface area contributed by atoms with Gasteiger partial charge in [0, 0.05) is 13.6 Å². The van der Waals surface area contributed by atoms with Gasteiger partial charge in [0.2, 0.25) is 0 Å². The van der Waals surface area contributed by atoms with Crippen LogP contribution in [0.5, 0.6) is 0 Å². The van der Waals surface area contributed by atoms with E-state index in [-0.39, 0.29) is 0 Å². The van der Waals surface area contributed by atoms with Gasteiger partial charge >= 0.3 is 0 Å². The first kappa shape index (κ1) is 14.8. The van der Waals surface area contributed by atoms with E-state index in [0.29, 0.717) is 11.4 Å². The molecule has 108 valence electrons. The van der Waals surface area contributed by atoms with Crippen molar-refractivity contribution in [2.24, 2.45) is 4.99 Å². The van der Waals surface area contributed by atoms with Crippen LogP contribution in [-0.2, 0) is 0 Å². The highest BCUT2D eigenvalue weighted by Crippen LogP contribution is 2.22. The fraction of sp³-hybridized carbons (Fsp3) is 0.312. The van der Waals surface area contributed by atoms with Crippen LogP contribution >= 0.6 is 0 Å². The third-order valence-electron chi connectivity index (χ3n) is 3.11. The summed E-state index contributed by atoms with van der Waals surface area (Å²) in [4.78, 5) is 6.47. The number of para-hydroxylation sites is 1. The number of rotatable bonds is 6. The molecule has 0 amide bonds. The Labute approximate surface area is 125 Å². The fourth-order valence-electron chi connectivity index (χ4n) is 1.92. The summed E-state index contributed by atoms with van der Waals surface area (Å²) < 4.78 is 1.68. The van der Waals surface area contributed by atoms with Crippen molar-refractivity contribution >= 4 is 12.2 Å². The topological polar surface area (TPSA) is 57.2 Å². The van der Waals surface area contributed by atoms with Crippen LogP contribution in [0.4, 0.5) is 5.82 Å². The normalized spacial score (nSPS) is 10.7. The van der Waals surface area contributed by atoms with Crippen LogP contribution in [0, 0.1) is 11.3 Å². The van der Waals surface area contributed by atoms with Gasteiger partial charge in [0.05, 0.1) is 18.2 Å². The highest BCUT2D eigenvalue weighted by Gasteiger charge is 2.10. The fourth-order valence-corrected chi connectivity index (χ4v) is 1.92. The van der Waals surface area contributed by atoms with Gasteiger partial charge in [0.25, 0.3) is 0 Å². The van der Waals surface area contributed by atoms with E-state index in [1.165, 1.54) is 0 Å². The van der Waals surface area contributed by atoms with E-state index in [2.05, 4.69) is 23.1 Å². The number of nitriles is 1. The summed E-state index contributed by atoms with van der Waals surface area (Å²) in [5, 5.41) is 13.5. The van der Waals surface area contributed by atoms with Gasteiger partial charge in [-0.25, -0.2) is 9.67 Å². The Morgan fingerprint density at radius 2 is 2.14 bits per heavy atom. The highest BCUT2D eigenvalue weighted by molar-refractivity contribution is 5.64. The van der Waals surface area contributed by atoms with E-state index in [4.69, 9.17) is 0 Å². The summed E-state index contributed by atoms with van der Waals surface area (Å²) in [5.74, 6) is 0.562. The first-order chi connectivity index (χ1) is 10.3. The summed E-state index contributed by atoms with van der Waals surface area (Å²) in [6, 6.07) is 11.8. The van der Waals surface area contributed by atoms with E-state index in [9.17, 15) is 5.26 Å². The third-order valence-corrected chi connectivity index (χ3v) is 3.11. The number of aromatic nitrogens is 2. The number of benzene rings is 1. The summed E-state index contributed by atoms with van der Waals surface area (Å²) in [6.07, 6.45) is 5.56. The van der Waals surface area contributed by atoms with Crippen molar-refractivity contribution in [1.29, 1.82) is 5.26 Å². The molecule has 5 heteroatoms. The van der Waals surface area contributed by atoms with Gasteiger partial charge < -0.3 is 4.90 Å². The quantitative estimate of drug-likeness (QED) is 0.603. The molecule has 21 heavy (non-hydrogen) atoms. The van der Waals surface area contributed by atoms with Gasteiger partial charge in [0.15, 0.2) is 5.82 Å². The lowest BCUT2D eigenvalue weighted by Crippen LogP contribution is -2.17. The van der Waals surface area contributed by atoms with E-state index < -0.39 is 0 Å². The maximum Gasteiger partial charge on any atom is 0.175 e. The molecule has 0 aliphatic carbocycles. The maximum absolute atomic E-state index is 9.19. The van der Waals surface area contributed by atoms with Crippen LogP contribution in [0.1, 0.15) is 25.3 Å². The minimum atomic E-state index is 0.471. The molecule has 2 aromatic rings. The Bertz CT molecular complexity index is 636. The number of nitrogens with zero attached hydrogens (tertiary/aromatic N) is 5. The molecule has 0 spiro atoms. The Balaban J connectivity index is 2.28. The molecule has 0 fully saturated rings. The van der Waals surface area contributed by atoms with Crippen molar-refractivity contribution in [2.75, 3.05) is 13.6 Å². The Morgan fingerprint density at radius 3 is 2.81 bits per heavy atom. The van der Waals surface area contributed by atoms with Crippen LogP contribution in [0.3, 0.4) is 0 Å². The van der Waals surface area contributed by atoms with E-state index in [1.807, 2.05) is 42.3 Å². The van der Waals surface area contributed by atoms with Crippen molar-refractivity contribution in [2.45, 2.75) is 19.8 Å². The molecule has 1 heterocycles. The van der Waals surface area contributed by atoms with Crippen LogP contribution in [0.2, 0.25) is 0 Å². The molecule has 0 radical (unpaired) electrons. The minimum absolute atomic E-state index is 0.471. The summed E-state index contributed by atoms with van der Waals surface area (Å²) >= 11 is 0. The molecule has 2 rings (SSSR count). The summed E-state index contributed by atoms with van der Waals surface area (Å²) in [5.41, 5.74) is 1.36. The van der Waals surface area contributed by atoms with Crippen molar-refractivity contribution in [3.63, 3.8) is 0 Å². The maximum atomic E-state index is 9.19. The zero-order valence-electron chi connectivity index (χ0n) is 12.4. The third kappa shape index (κ3) is 3.69. The number of unbranched alkanes of at least 4 members (excludes halogenated alkanes) is 1. The van der Waals surface area contributed by atoms with Gasteiger partial charge in [-0.3, -0.25) is 0 Å². The molecule has 0 bridgehead atoms. The van der Waals surface area contributed by atoms with Crippen LogP contribution in [0.25, 0.3) is 5.69 Å². The van der Waals surface area contributed by atoms with Crippen molar-refractivity contribution in [3.8, 4) is 11.8 Å². The van der Waals surface area contributed by atoms with Crippen molar-refractivity contribution in [1.82, 2.24) is 14.7 Å².